The first-order valence-electron chi connectivity index (χ1n) is 9.06. The summed E-state index contributed by atoms with van der Waals surface area (Å²) in [5.74, 6) is -1.71. The van der Waals surface area contributed by atoms with E-state index in [4.69, 9.17) is 11.6 Å². The number of carbonyl (C=O) groups is 1. The minimum Gasteiger partial charge on any atom is -0.369 e. The molecule has 1 amide bonds. The highest BCUT2D eigenvalue weighted by Gasteiger charge is 2.24. The summed E-state index contributed by atoms with van der Waals surface area (Å²) in [6.07, 6.45) is 2.83. The third-order valence-corrected chi connectivity index (χ3v) is 5.10. The summed E-state index contributed by atoms with van der Waals surface area (Å²) in [6, 6.07) is 2.94. The number of piperidine rings is 1. The zero-order chi connectivity index (χ0) is 20.4. The molecular weight excluding hydrogens is 390 g/mol. The topological polar surface area (TPSA) is 67.2 Å². The predicted octanol–water partition coefficient (Wildman–Crippen LogP) is 2.91. The number of anilines is 1. The third-order valence-electron chi connectivity index (χ3n) is 4.74. The van der Waals surface area contributed by atoms with Crippen molar-refractivity contribution in [1.82, 2.24) is 15.1 Å². The molecule has 0 radical (unpaired) electrons. The first-order chi connectivity index (χ1) is 13.3. The smallest absolute Gasteiger partial charge is 0.292 e. The summed E-state index contributed by atoms with van der Waals surface area (Å²) < 4.78 is 27.9. The molecule has 6 nitrogen and oxygen atoms in total. The molecule has 28 heavy (non-hydrogen) atoms. The molecule has 1 fully saturated rings. The van der Waals surface area contributed by atoms with Crippen LogP contribution in [0.2, 0.25) is 5.02 Å². The van der Waals surface area contributed by atoms with E-state index in [9.17, 15) is 18.4 Å². The van der Waals surface area contributed by atoms with E-state index in [0.717, 1.165) is 16.8 Å². The van der Waals surface area contributed by atoms with Crippen LogP contribution in [0.15, 0.2) is 29.2 Å². The quantitative estimate of drug-likeness (QED) is 0.841. The number of rotatable bonds is 4. The van der Waals surface area contributed by atoms with E-state index in [-0.39, 0.29) is 28.6 Å². The minimum atomic E-state index is -0.903. The van der Waals surface area contributed by atoms with Gasteiger partial charge >= 0.3 is 0 Å². The van der Waals surface area contributed by atoms with Gasteiger partial charge in [0.1, 0.15) is 16.5 Å². The molecular formula is C19H21ClF2N4O2. The number of nitrogens with zero attached hydrogens (tertiary/aromatic N) is 3. The molecule has 150 valence electrons. The van der Waals surface area contributed by atoms with E-state index >= 15 is 0 Å². The number of halogens is 3. The molecule has 0 atom stereocenters. The summed E-state index contributed by atoms with van der Waals surface area (Å²) >= 11 is 6.25. The van der Waals surface area contributed by atoms with Crippen LogP contribution in [0.1, 0.15) is 26.7 Å². The van der Waals surface area contributed by atoms with Gasteiger partial charge in [-0.15, -0.1) is 0 Å². The highest BCUT2D eigenvalue weighted by Crippen LogP contribution is 2.25. The van der Waals surface area contributed by atoms with Gasteiger partial charge in [0, 0.05) is 31.1 Å². The Balaban J connectivity index is 1.77. The lowest BCUT2D eigenvalue weighted by Gasteiger charge is -2.34. The molecule has 1 saturated heterocycles. The average molecular weight is 411 g/mol. The summed E-state index contributed by atoms with van der Waals surface area (Å²) in [7, 11) is 0. The number of hydrogen-bond donors (Lipinski definition) is 1. The molecule has 0 spiro atoms. The van der Waals surface area contributed by atoms with Crippen molar-refractivity contribution in [3.8, 4) is 5.69 Å². The van der Waals surface area contributed by atoms with Crippen molar-refractivity contribution < 1.29 is 13.6 Å². The van der Waals surface area contributed by atoms with Crippen molar-refractivity contribution in [2.45, 2.75) is 32.7 Å². The fourth-order valence-corrected chi connectivity index (χ4v) is 3.35. The van der Waals surface area contributed by atoms with Crippen LogP contribution in [-0.2, 0) is 4.79 Å². The van der Waals surface area contributed by atoms with Gasteiger partial charge in [-0.1, -0.05) is 25.4 Å². The molecule has 1 aliphatic rings. The molecule has 1 aromatic carbocycles. The molecule has 9 heteroatoms. The number of nitrogens with one attached hydrogen (secondary N) is 1. The third kappa shape index (κ3) is 4.16. The molecule has 1 aliphatic heterocycles. The standard InChI is InChI=1S/C19H21ClF2N4O2/c1-11(2)18(27)24-13-5-7-25(8-6-13)16-10-23-26(19(28)17(16)20)15-4-3-12(21)9-14(15)22/h3-4,9-11,13H,5-8H2,1-2H3,(H,24,27). The van der Waals surface area contributed by atoms with E-state index < -0.39 is 17.2 Å². The van der Waals surface area contributed by atoms with Crippen molar-refractivity contribution in [3.63, 3.8) is 0 Å². The Morgan fingerprint density at radius 1 is 1.25 bits per heavy atom. The normalized spacial score (nSPS) is 15.1. The summed E-state index contributed by atoms with van der Waals surface area (Å²) in [4.78, 5) is 26.3. The SMILES string of the molecule is CC(C)C(=O)NC1CCN(c2cnn(-c3ccc(F)cc3F)c(=O)c2Cl)CC1. The number of aromatic nitrogens is 2. The zero-order valence-corrected chi connectivity index (χ0v) is 16.3. The van der Waals surface area contributed by atoms with E-state index in [1.165, 1.54) is 6.20 Å². The van der Waals surface area contributed by atoms with Gasteiger partial charge in [-0.3, -0.25) is 9.59 Å². The van der Waals surface area contributed by atoms with E-state index in [0.29, 0.717) is 37.7 Å². The fraction of sp³-hybridized carbons (Fsp3) is 0.421. The lowest BCUT2D eigenvalue weighted by atomic mass is 10.0. The molecule has 0 saturated carbocycles. The second kappa shape index (κ2) is 8.26. The predicted molar refractivity (Wildman–Crippen MR) is 103 cm³/mol. The monoisotopic (exact) mass is 410 g/mol. The van der Waals surface area contributed by atoms with Crippen LogP contribution < -0.4 is 15.8 Å². The summed E-state index contributed by atoms with van der Waals surface area (Å²) in [6.45, 7) is 4.88. The van der Waals surface area contributed by atoms with Crippen molar-refractivity contribution in [2.75, 3.05) is 18.0 Å². The molecule has 0 unspecified atom stereocenters. The summed E-state index contributed by atoms with van der Waals surface area (Å²) in [5, 5.41) is 6.94. The Morgan fingerprint density at radius 2 is 1.93 bits per heavy atom. The van der Waals surface area contributed by atoms with E-state index in [2.05, 4.69) is 10.4 Å². The molecule has 0 aliphatic carbocycles. The Bertz CT molecular complexity index is 940. The van der Waals surface area contributed by atoms with Crippen LogP contribution in [-0.4, -0.2) is 34.8 Å². The first-order valence-corrected chi connectivity index (χ1v) is 9.44. The van der Waals surface area contributed by atoms with Gasteiger partial charge in [0.25, 0.3) is 5.56 Å². The fourth-order valence-electron chi connectivity index (χ4n) is 3.10. The Morgan fingerprint density at radius 3 is 2.54 bits per heavy atom. The second-order valence-electron chi connectivity index (χ2n) is 7.08. The molecule has 2 aromatic rings. The van der Waals surface area contributed by atoms with Gasteiger partial charge in [-0.25, -0.2) is 8.78 Å². The van der Waals surface area contributed by atoms with E-state index in [1.54, 1.807) is 0 Å². The number of carbonyl (C=O) groups excluding carboxylic acids is 1. The molecule has 0 bridgehead atoms. The van der Waals surface area contributed by atoms with Crippen LogP contribution in [0.25, 0.3) is 5.69 Å². The second-order valence-corrected chi connectivity index (χ2v) is 7.46. The average Bonchev–Trinajstić information content (AvgIpc) is 2.65. The Kier molecular flexibility index (Phi) is 5.98. The number of amides is 1. The maximum absolute atomic E-state index is 14.0. The first kappa shape index (κ1) is 20.3. The molecule has 1 N–H and O–H groups in total. The van der Waals surface area contributed by atoms with Crippen LogP contribution in [0, 0.1) is 17.6 Å². The van der Waals surface area contributed by atoms with Gasteiger partial charge in [-0.2, -0.15) is 9.78 Å². The lowest BCUT2D eigenvalue weighted by molar-refractivity contribution is -0.124. The molecule has 2 heterocycles. The molecule has 3 rings (SSSR count). The Hall–Kier alpha value is -2.48. The largest absolute Gasteiger partial charge is 0.369 e. The number of benzene rings is 1. The van der Waals surface area contributed by atoms with Gasteiger partial charge < -0.3 is 10.2 Å². The number of hydrogen-bond acceptors (Lipinski definition) is 4. The van der Waals surface area contributed by atoms with Gasteiger partial charge in [0.2, 0.25) is 5.91 Å². The van der Waals surface area contributed by atoms with Crippen LogP contribution in [0.4, 0.5) is 14.5 Å². The van der Waals surface area contributed by atoms with Crippen LogP contribution in [0.5, 0.6) is 0 Å². The van der Waals surface area contributed by atoms with Crippen molar-refractivity contribution in [1.29, 1.82) is 0 Å². The zero-order valence-electron chi connectivity index (χ0n) is 15.6. The van der Waals surface area contributed by atoms with Crippen LogP contribution in [0.3, 0.4) is 0 Å². The lowest BCUT2D eigenvalue weighted by Crippen LogP contribution is -2.46. The van der Waals surface area contributed by atoms with E-state index in [1.807, 2.05) is 18.7 Å². The van der Waals surface area contributed by atoms with Crippen LogP contribution >= 0.6 is 11.6 Å². The highest BCUT2D eigenvalue weighted by molar-refractivity contribution is 6.33. The van der Waals surface area contributed by atoms with Gasteiger partial charge in [0.15, 0.2) is 5.82 Å². The Labute approximate surface area is 166 Å². The van der Waals surface area contributed by atoms with Gasteiger partial charge in [0.05, 0.1) is 11.9 Å². The van der Waals surface area contributed by atoms with Crippen molar-refractivity contribution in [2.24, 2.45) is 5.92 Å². The highest BCUT2D eigenvalue weighted by atomic mass is 35.5. The minimum absolute atomic E-state index is 0.0158. The maximum Gasteiger partial charge on any atom is 0.292 e. The summed E-state index contributed by atoms with van der Waals surface area (Å²) in [5.41, 5.74) is -0.395. The van der Waals surface area contributed by atoms with Crippen molar-refractivity contribution in [3.05, 3.63) is 51.4 Å². The maximum atomic E-state index is 14.0. The molecule has 1 aromatic heterocycles. The van der Waals surface area contributed by atoms with Gasteiger partial charge in [-0.05, 0) is 25.0 Å². The van der Waals surface area contributed by atoms with Crippen molar-refractivity contribution >= 4 is 23.2 Å².